The third kappa shape index (κ3) is 2.07. The van der Waals surface area contributed by atoms with Crippen LogP contribution in [-0.4, -0.2) is 13.0 Å². The van der Waals surface area contributed by atoms with Gasteiger partial charge in [-0.3, -0.25) is 4.79 Å². The lowest BCUT2D eigenvalue weighted by molar-refractivity contribution is 0.0993. The van der Waals surface area contributed by atoms with Gasteiger partial charge in [0, 0.05) is 18.2 Å². The van der Waals surface area contributed by atoms with E-state index in [0.717, 1.165) is 22.4 Å². The molecule has 0 aromatic heterocycles. The second-order valence-electron chi connectivity index (χ2n) is 5.82. The van der Waals surface area contributed by atoms with Gasteiger partial charge in [0.05, 0.1) is 5.69 Å². The summed E-state index contributed by atoms with van der Waals surface area (Å²) in [4.78, 5) is 14.4. The lowest BCUT2D eigenvalue weighted by atomic mass is 9.92. The van der Waals surface area contributed by atoms with Gasteiger partial charge in [0.1, 0.15) is 0 Å². The Morgan fingerprint density at radius 1 is 1.00 bits per heavy atom. The average Bonchev–Trinajstić information content (AvgIpc) is 2.58. The van der Waals surface area contributed by atoms with Crippen molar-refractivity contribution >= 4 is 17.2 Å². The number of hydrogen-bond donors (Lipinski definition) is 0. The molecule has 1 aliphatic rings. The molecule has 0 radical (unpaired) electrons. The molecule has 0 unspecified atom stereocenters. The van der Waals surface area contributed by atoms with Crippen LogP contribution in [0.1, 0.15) is 46.8 Å². The van der Waals surface area contributed by atoms with Crippen LogP contribution in [0.3, 0.4) is 0 Å². The minimum Gasteiger partial charge on any atom is -0.311 e. The Kier molecular flexibility index (Phi) is 3.17. The van der Waals surface area contributed by atoms with Crippen molar-refractivity contribution in [1.82, 2.24) is 0 Å². The second kappa shape index (κ2) is 4.88. The van der Waals surface area contributed by atoms with E-state index in [0.29, 0.717) is 11.5 Å². The van der Waals surface area contributed by atoms with E-state index in [2.05, 4.69) is 32.6 Å². The molecule has 0 aliphatic carbocycles. The molecule has 0 spiro atoms. The fourth-order valence-corrected chi connectivity index (χ4v) is 2.81. The number of hydrogen-bond acceptors (Lipinski definition) is 1. The fraction of sp³-hybridized carbons (Fsp3) is 0.211. The third-order valence-electron chi connectivity index (χ3n) is 4.16. The summed E-state index contributed by atoms with van der Waals surface area (Å²) in [5, 5.41) is 0. The van der Waals surface area contributed by atoms with Gasteiger partial charge in [-0.25, -0.2) is 0 Å². The summed E-state index contributed by atoms with van der Waals surface area (Å²) in [5.41, 5.74) is 5.78. The molecular formula is C19H19NO. The standard InChI is InChI=1S/C19H19NO/c1-12(2)14-9-10-18-17(11-14)13(3)15-7-5-6-8-16(15)19(21)20(18)4/h5-12H,3H2,1-2,4H3. The minimum absolute atomic E-state index is 0.0165. The number of carbonyl (C=O) groups is 1. The maximum atomic E-state index is 12.6. The van der Waals surface area contributed by atoms with Crippen LogP contribution in [0.2, 0.25) is 0 Å². The van der Waals surface area contributed by atoms with Crippen LogP contribution >= 0.6 is 0 Å². The summed E-state index contributed by atoms with van der Waals surface area (Å²) in [7, 11) is 1.82. The molecule has 2 aromatic carbocycles. The topological polar surface area (TPSA) is 20.3 Å². The van der Waals surface area contributed by atoms with Gasteiger partial charge in [-0.2, -0.15) is 0 Å². The van der Waals surface area contributed by atoms with E-state index in [1.807, 2.05) is 37.4 Å². The third-order valence-corrected chi connectivity index (χ3v) is 4.16. The van der Waals surface area contributed by atoms with Crippen molar-refractivity contribution in [2.24, 2.45) is 0 Å². The van der Waals surface area contributed by atoms with Crippen molar-refractivity contribution in [3.05, 3.63) is 71.3 Å². The lowest BCUT2D eigenvalue weighted by Crippen LogP contribution is -2.26. The van der Waals surface area contributed by atoms with Crippen LogP contribution in [0.5, 0.6) is 0 Å². The van der Waals surface area contributed by atoms with Crippen molar-refractivity contribution in [3.63, 3.8) is 0 Å². The molecule has 0 atom stereocenters. The van der Waals surface area contributed by atoms with E-state index < -0.39 is 0 Å². The number of amides is 1. The summed E-state index contributed by atoms with van der Waals surface area (Å²) < 4.78 is 0. The molecule has 0 N–H and O–H groups in total. The zero-order chi connectivity index (χ0) is 15.1. The van der Waals surface area contributed by atoms with Crippen molar-refractivity contribution in [3.8, 4) is 0 Å². The van der Waals surface area contributed by atoms with Gasteiger partial charge in [-0.05, 0) is 40.8 Å². The highest BCUT2D eigenvalue weighted by molar-refractivity contribution is 6.13. The van der Waals surface area contributed by atoms with Crippen molar-refractivity contribution in [2.75, 3.05) is 11.9 Å². The number of anilines is 1. The first-order valence-electron chi connectivity index (χ1n) is 7.21. The molecule has 2 nitrogen and oxygen atoms in total. The summed E-state index contributed by atoms with van der Waals surface area (Å²) in [6, 6.07) is 14.0. The van der Waals surface area contributed by atoms with Gasteiger partial charge in [0.2, 0.25) is 0 Å². The van der Waals surface area contributed by atoms with E-state index in [4.69, 9.17) is 0 Å². The maximum Gasteiger partial charge on any atom is 0.258 e. The van der Waals surface area contributed by atoms with Gasteiger partial charge in [0.15, 0.2) is 0 Å². The fourth-order valence-electron chi connectivity index (χ4n) is 2.81. The number of rotatable bonds is 1. The number of benzene rings is 2. The summed E-state index contributed by atoms with van der Waals surface area (Å²) >= 11 is 0. The van der Waals surface area contributed by atoms with Crippen molar-refractivity contribution in [2.45, 2.75) is 19.8 Å². The molecule has 0 saturated carbocycles. The molecular weight excluding hydrogens is 258 g/mol. The minimum atomic E-state index is 0.0165. The van der Waals surface area contributed by atoms with Gasteiger partial charge in [0.25, 0.3) is 5.91 Å². The predicted octanol–water partition coefficient (Wildman–Crippen LogP) is 4.46. The molecule has 106 valence electrons. The summed E-state index contributed by atoms with van der Waals surface area (Å²) in [5.74, 6) is 0.463. The molecule has 0 bridgehead atoms. The maximum absolute atomic E-state index is 12.6. The summed E-state index contributed by atoms with van der Waals surface area (Å²) in [6.07, 6.45) is 0. The Hall–Kier alpha value is -2.35. The first kappa shape index (κ1) is 13.6. The molecule has 0 fully saturated rings. The molecule has 1 amide bonds. The molecule has 21 heavy (non-hydrogen) atoms. The van der Waals surface area contributed by atoms with Crippen LogP contribution in [0.15, 0.2) is 49.0 Å². The number of nitrogens with zero attached hydrogens (tertiary/aromatic N) is 1. The Bertz CT molecular complexity index is 743. The summed E-state index contributed by atoms with van der Waals surface area (Å²) in [6.45, 7) is 8.59. The lowest BCUT2D eigenvalue weighted by Gasteiger charge is -2.19. The molecule has 1 heterocycles. The van der Waals surface area contributed by atoms with Crippen LogP contribution < -0.4 is 4.90 Å². The second-order valence-corrected chi connectivity index (χ2v) is 5.82. The van der Waals surface area contributed by atoms with Gasteiger partial charge < -0.3 is 4.90 Å². The van der Waals surface area contributed by atoms with E-state index in [1.165, 1.54) is 5.56 Å². The monoisotopic (exact) mass is 277 g/mol. The highest BCUT2D eigenvalue weighted by Gasteiger charge is 2.26. The Balaban J connectivity index is 2.28. The zero-order valence-electron chi connectivity index (χ0n) is 12.7. The van der Waals surface area contributed by atoms with Crippen LogP contribution in [-0.2, 0) is 0 Å². The van der Waals surface area contributed by atoms with Crippen LogP contribution in [0.25, 0.3) is 5.57 Å². The van der Waals surface area contributed by atoms with E-state index in [1.54, 1.807) is 4.90 Å². The number of fused-ring (bicyclic) bond motifs is 2. The first-order chi connectivity index (χ1) is 10.0. The number of carbonyl (C=O) groups excluding carboxylic acids is 1. The van der Waals surface area contributed by atoms with Gasteiger partial charge in [-0.15, -0.1) is 0 Å². The van der Waals surface area contributed by atoms with E-state index >= 15 is 0 Å². The molecule has 2 heteroatoms. The largest absolute Gasteiger partial charge is 0.311 e. The van der Waals surface area contributed by atoms with Gasteiger partial charge >= 0.3 is 0 Å². The first-order valence-corrected chi connectivity index (χ1v) is 7.21. The predicted molar refractivity (Wildman–Crippen MR) is 87.8 cm³/mol. The average molecular weight is 277 g/mol. The van der Waals surface area contributed by atoms with Crippen LogP contribution in [0.4, 0.5) is 5.69 Å². The quantitative estimate of drug-likeness (QED) is 0.753. The van der Waals surface area contributed by atoms with Crippen LogP contribution in [0, 0.1) is 0 Å². The van der Waals surface area contributed by atoms with E-state index in [-0.39, 0.29) is 5.91 Å². The van der Waals surface area contributed by atoms with Crippen molar-refractivity contribution in [1.29, 1.82) is 0 Å². The molecule has 0 saturated heterocycles. The molecule has 1 aliphatic heterocycles. The zero-order valence-corrected chi connectivity index (χ0v) is 12.7. The Morgan fingerprint density at radius 2 is 1.67 bits per heavy atom. The van der Waals surface area contributed by atoms with Crippen molar-refractivity contribution < 1.29 is 4.79 Å². The van der Waals surface area contributed by atoms with E-state index in [9.17, 15) is 4.79 Å². The highest BCUT2D eigenvalue weighted by atomic mass is 16.2. The molecule has 3 rings (SSSR count). The SMILES string of the molecule is C=C1c2ccccc2C(=O)N(C)c2ccc(C(C)C)cc21. The Labute approximate surface area is 125 Å². The molecule has 2 aromatic rings. The Morgan fingerprint density at radius 3 is 2.33 bits per heavy atom. The van der Waals surface area contributed by atoms with Gasteiger partial charge in [-0.1, -0.05) is 44.7 Å². The highest BCUT2D eigenvalue weighted by Crippen LogP contribution is 2.37. The normalized spacial score (nSPS) is 14.0. The smallest absolute Gasteiger partial charge is 0.258 e.